The molecule has 3 nitrogen and oxygen atoms in total. The largest absolute Gasteiger partial charge is 0.417 e. The van der Waals surface area contributed by atoms with E-state index < -0.39 is 26.6 Å². The van der Waals surface area contributed by atoms with Crippen LogP contribution in [0.4, 0.5) is 13.2 Å². The first kappa shape index (κ1) is 12.7. The zero-order valence-electron chi connectivity index (χ0n) is 8.90. The number of nitrogens with two attached hydrogens (primary N) is 1. The Labute approximate surface area is 101 Å². The van der Waals surface area contributed by atoms with Gasteiger partial charge < -0.3 is 5.73 Å². The highest BCUT2D eigenvalue weighted by Crippen LogP contribution is 2.38. The molecule has 18 heavy (non-hydrogen) atoms. The number of halogens is 3. The normalized spacial score (nSPS) is 18.4. The van der Waals surface area contributed by atoms with Crippen molar-refractivity contribution in [3.63, 3.8) is 0 Å². The standard InChI is InChI=1S/C11H8F3NO2S/c12-11(13,14)9-4-2-1-3-7(9)8-5-6-18(16,17)10(8)15/h1-6H,15H2. The molecule has 0 radical (unpaired) electrons. The SMILES string of the molecule is NC1=C(c2ccccc2C(F)(F)F)C=CS1(=O)=O. The summed E-state index contributed by atoms with van der Waals surface area (Å²) >= 11 is 0. The molecule has 1 aromatic rings. The fraction of sp³-hybridized carbons (Fsp3) is 0.0909. The monoisotopic (exact) mass is 275 g/mol. The fourth-order valence-corrected chi connectivity index (χ4v) is 2.60. The molecule has 0 fully saturated rings. The van der Waals surface area contributed by atoms with Crippen molar-refractivity contribution in [2.45, 2.75) is 6.18 Å². The van der Waals surface area contributed by atoms with Gasteiger partial charge in [0.05, 0.1) is 5.56 Å². The lowest BCUT2D eigenvalue weighted by molar-refractivity contribution is -0.137. The predicted molar refractivity (Wildman–Crippen MR) is 60.6 cm³/mol. The number of benzene rings is 1. The van der Waals surface area contributed by atoms with Gasteiger partial charge in [-0.3, -0.25) is 0 Å². The highest BCUT2D eigenvalue weighted by molar-refractivity contribution is 7.98. The lowest BCUT2D eigenvalue weighted by Gasteiger charge is -2.12. The van der Waals surface area contributed by atoms with Crippen molar-refractivity contribution in [1.29, 1.82) is 0 Å². The molecule has 1 aliphatic rings. The van der Waals surface area contributed by atoms with Crippen LogP contribution < -0.4 is 5.73 Å². The Hall–Kier alpha value is -1.76. The molecule has 0 atom stereocenters. The van der Waals surface area contributed by atoms with Crippen molar-refractivity contribution in [2.24, 2.45) is 5.73 Å². The van der Waals surface area contributed by atoms with Gasteiger partial charge in [0, 0.05) is 11.0 Å². The molecule has 0 amide bonds. The fourth-order valence-electron chi connectivity index (χ4n) is 1.65. The number of hydrogen-bond donors (Lipinski definition) is 1. The summed E-state index contributed by atoms with van der Waals surface area (Å²) in [7, 11) is -3.78. The van der Waals surface area contributed by atoms with Crippen molar-refractivity contribution in [3.8, 4) is 0 Å². The molecular formula is C11H8F3NO2S. The maximum Gasteiger partial charge on any atom is 0.417 e. The Kier molecular flexibility index (Phi) is 2.73. The molecule has 96 valence electrons. The molecule has 0 bridgehead atoms. The number of alkyl halides is 3. The maximum absolute atomic E-state index is 12.8. The minimum Gasteiger partial charge on any atom is -0.389 e. The topological polar surface area (TPSA) is 60.2 Å². The Morgan fingerprint density at radius 2 is 1.72 bits per heavy atom. The van der Waals surface area contributed by atoms with E-state index in [1.807, 2.05) is 0 Å². The lowest BCUT2D eigenvalue weighted by atomic mass is 10.00. The van der Waals surface area contributed by atoms with E-state index in [-0.39, 0.29) is 11.1 Å². The van der Waals surface area contributed by atoms with Gasteiger partial charge in [-0.2, -0.15) is 13.2 Å². The van der Waals surface area contributed by atoms with Gasteiger partial charge in [-0.25, -0.2) is 8.42 Å². The van der Waals surface area contributed by atoms with Crippen molar-refractivity contribution in [3.05, 3.63) is 51.9 Å². The highest BCUT2D eigenvalue weighted by Gasteiger charge is 2.35. The second-order valence-corrected chi connectivity index (χ2v) is 5.47. The molecule has 0 saturated heterocycles. The van der Waals surface area contributed by atoms with Gasteiger partial charge >= 0.3 is 6.18 Å². The zero-order valence-corrected chi connectivity index (χ0v) is 9.72. The van der Waals surface area contributed by atoms with Gasteiger partial charge in [0.2, 0.25) is 9.84 Å². The van der Waals surface area contributed by atoms with Crippen LogP contribution in [0.3, 0.4) is 0 Å². The number of rotatable bonds is 1. The second-order valence-electron chi connectivity index (χ2n) is 3.67. The Morgan fingerprint density at radius 1 is 1.11 bits per heavy atom. The van der Waals surface area contributed by atoms with E-state index in [4.69, 9.17) is 5.73 Å². The first-order valence-electron chi connectivity index (χ1n) is 4.83. The van der Waals surface area contributed by atoms with Crippen LogP contribution in [-0.4, -0.2) is 8.42 Å². The van der Waals surface area contributed by atoms with Crippen molar-refractivity contribution >= 4 is 15.4 Å². The van der Waals surface area contributed by atoms with Crippen LogP contribution in [0, 0.1) is 0 Å². The molecule has 0 aromatic heterocycles. The highest BCUT2D eigenvalue weighted by atomic mass is 32.2. The van der Waals surface area contributed by atoms with Crippen LogP contribution in [0.1, 0.15) is 11.1 Å². The molecule has 0 unspecified atom stereocenters. The molecule has 1 aromatic carbocycles. The van der Waals surface area contributed by atoms with E-state index >= 15 is 0 Å². The van der Waals surface area contributed by atoms with Crippen molar-refractivity contribution < 1.29 is 21.6 Å². The smallest absolute Gasteiger partial charge is 0.389 e. The van der Waals surface area contributed by atoms with Crippen LogP contribution in [-0.2, 0) is 16.0 Å². The van der Waals surface area contributed by atoms with Crippen LogP contribution >= 0.6 is 0 Å². The van der Waals surface area contributed by atoms with Gasteiger partial charge in [-0.1, -0.05) is 18.2 Å². The van der Waals surface area contributed by atoms with E-state index in [9.17, 15) is 21.6 Å². The minimum absolute atomic E-state index is 0.122. The van der Waals surface area contributed by atoms with E-state index in [0.29, 0.717) is 0 Å². The molecule has 2 rings (SSSR count). The van der Waals surface area contributed by atoms with Crippen molar-refractivity contribution in [2.75, 3.05) is 0 Å². The van der Waals surface area contributed by atoms with E-state index in [0.717, 1.165) is 17.6 Å². The molecule has 7 heteroatoms. The Morgan fingerprint density at radius 3 is 2.22 bits per heavy atom. The van der Waals surface area contributed by atoms with E-state index in [2.05, 4.69) is 0 Å². The summed E-state index contributed by atoms with van der Waals surface area (Å²) in [6.45, 7) is 0. The summed E-state index contributed by atoms with van der Waals surface area (Å²) in [5.41, 5.74) is 4.09. The molecular weight excluding hydrogens is 267 g/mol. The summed E-state index contributed by atoms with van der Waals surface area (Å²) in [6.07, 6.45) is -3.49. The van der Waals surface area contributed by atoms with E-state index in [1.54, 1.807) is 0 Å². The third kappa shape index (κ3) is 2.01. The van der Waals surface area contributed by atoms with Crippen LogP contribution in [0.5, 0.6) is 0 Å². The molecule has 1 heterocycles. The minimum atomic E-state index is -4.57. The summed E-state index contributed by atoms with van der Waals surface area (Å²) in [4.78, 5) is 0. The molecule has 0 spiro atoms. The van der Waals surface area contributed by atoms with Gasteiger partial charge in [0.15, 0.2) is 0 Å². The molecule has 0 aliphatic carbocycles. The average molecular weight is 275 g/mol. The molecule has 1 aliphatic heterocycles. The molecule has 2 N–H and O–H groups in total. The summed E-state index contributed by atoms with van der Waals surface area (Å²) in [5, 5.41) is 0.240. The average Bonchev–Trinajstić information content (AvgIpc) is 2.53. The van der Waals surface area contributed by atoms with Gasteiger partial charge in [0.1, 0.15) is 5.03 Å². The maximum atomic E-state index is 12.8. The Bertz CT molecular complexity index is 657. The number of hydrogen-bond acceptors (Lipinski definition) is 3. The number of allylic oxidation sites excluding steroid dienone is 2. The zero-order chi connectivity index (χ0) is 13.6. The van der Waals surface area contributed by atoms with Crippen LogP contribution in [0.15, 0.2) is 40.8 Å². The third-order valence-corrected chi connectivity index (χ3v) is 3.84. The lowest BCUT2D eigenvalue weighted by Crippen LogP contribution is -2.11. The Balaban J connectivity index is 2.69. The summed E-state index contributed by atoms with van der Waals surface area (Å²) in [5.74, 6) is 0. The van der Waals surface area contributed by atoms with Gasteiger partial charge in [-0.05, 0) is 17.7 Å². The van der Waals surface area contributed by atoms with Gasteiger partial charge in [-0.15, -0.1) is 0 Å². The summed E-state index contributed by atoms with van der Waals surface area (Å²) < 4.78 is 61.1. The third-order valence-electron chi connectivity index (χ3n) is 2.51. The second kappa shape index (κ2) is 3.88. The first-order valence-corrected chi connectivity index (χ1v) is 6.37. The van der Waals surface area contributed by atoms with Crippen LogP contribution in [0.2, 0.25) is 0 Å². The number of sulfone groups is 1. The molecule has 0 saturated carbocycles. The van der Waals surface area contributed by atoms with Gasteiger partial charge in [0.25, 0.3) is 0 Å². The van der Waals surface area contributed by atoms with Crippen LogP contribution in [0.25, 0.3) is 5.57 Å². The van der Waals surface area contributed by atoms with Crippen molar-refractivity contribution in [1.82, 2.24) is 0 Å². The quantitative estimate of drug-likeness (QED) is 0.855. The predicted octanol–water partition coefficient (Wildman–Crippen LogP) is 2.27. The summed E-state index contributed by atoms with van der Waals surface area (Å²) in [6, 6.07) is 4.70. The first-order chi connectivity index (χ1) is 8.23. The van der Waals surface area contributed by atoms with E-state index in [1.165, 1.54) is 18.2 Å².